The van der Waals surface area contributed by atoms with Gasteiger partial charge in [-0.2, -0.15) is 18.3 Å². The highest BCUT2D eigenvalue weighted by atomic mass is 35.5. The molecule has 0 spiro atoms. The van der Waals surface area contributed by atoms with Crippen molar-refractivity contribution in [1.82, 2.24) is 19.7 Å². The van der Waals surface area contributed by atoms with Gasteiger partial charge in [-0.3, -0.25) is 14.7 Å². The minimum atomic E-state index is -4.56. The maximum Gasteiger partial charge on any atom is 0.408 e. The average Bonchev–Trinajstić information content (AvgIpc) is 2.61. The van der Waals surface area contributed by atoms with E-state index >= 15 is 0 Å². The number of halogens is 5. The molecule has 3 heterocycles. The summed E-state index contributed by atoms with van der Waals surface area (Å²) in [6.07, 6.45) is -1.87. The van der Waals surface area contributed by atoms with Crippen molar-refractivity contribution in [3.05, 3.63) is 51.4 Å². The Morgan fingerprint density at radius 3 is 2.52 bits per heavy atom. The van der Waals surface area contributed by atoms with Gasteiger partial charge in [0, 0.05) is 38.9 Å². The summed E-state index contributed by atoms with van der Waals surface area (Å²) < 4.78 is 51.4. The van der Waals surface area contributed by atoms with Crippen LogP contribution >= 0.6 is 11.6 Å². The molecular weight excluding hydrogens is 390 g/mol. The zero-order valence-corrected chi connectivity index (χ0v) is 14.8. The lowest BCUT2D eigenvalue weighted by molar-refractivity contribution is -0.143. The second kappa shape index (κ2) is 7.81. The number of pyridine rings is 1. The molecule has 0 saturated carbocycles. The molecule has 1 aliphatic heterocycles. The number of rotatable bonds is 4. The molecule has 1 fully saturated rings. The lowest BCUT2D eigenvalue weighted by Gasteiger charge is -2.36. The van der Waals surface area contributed by atoms with E-state index in [1.807, 2.05) is 4.90 Å². The van der Waals surface area contributed by atoms with Crippen molar-refractivity contribution in [1.29, 1.82) is 0 Å². The topological polar surface area (TPSA) is 54.3 Å². The third-order valence-electron chi connectivity index (χ3n) is 4.22. The number of alkyl halides is 3. The van der Waals surface area contributed by atoms with Crippen LogP contribution in [0.4, 0.5) is 23.2 Å². The average molecular weight is 406 g/mol. The Hall–Kier alpha value is -2.20. The van der Waals surface area contributed by atoms with Crippen LogP contribution in [0, 0.1) is 5.82 Å². The van der Waals surface area contributed by atoms with Gasteiger partial charge in [0.2, 0.25) is 0 Å². The molecule has 0 radical (unpaired) electrons. The molecular formula is C16H16ClF4N5O. The van der Waals surface area contributed by atoms with E-state index < -0.39 is 18.3 Å². The van der Waals surface area contributed by atoms with Crippen LogP contribution in [0.2, 0.25) is 5.02 Å². The molecule has 0 N–H and O–H groups in total. The van der Waals surface area contributed by atoms with E-state index in [0.29, 0.717) is 48.8 Å². The van der Waals surface area contributed by atoms with Crippen molar-refractivity contribution >= 4 is 17.3 Å². The van der Waals surface area contributed by atoms with Crippen LogP contribution in [0.3, 0.4) is 0 Å². The minimum absolute atomic E-state index is 0.293. The van der Waals surface area contributed by atoms with Crippen molar-refractivity contribution < 1.29 is 17.6 Å². The van der Waals surface area contributed by atoms with E-state index in [1.54, 1.807) is 4.90 Å². The highest BCUT2D eigenvalue weighted by Crippen LogP contribution is 2.24. The van der Waals surface area contributed by atoms with Crippen LogP contribution in [0.1, 0.15) is 5.69 Å². The molecule has 0 atom stereocenters. The van der Waals surface area contributed by atoms with Gasteiger partial charge < -0.3 is 4.90 Å². The molecule has 146 valence electrons. The Balaban J connectivity index is 1.67. The van der Waals surface area contributed by atoms with Crippen LogP contribution < -0.4 is 10.5 Å². The van der Waals surface area contributed by atoms with E-state index in [9.17, 15) is 22.4 Å². The second-order valence-corrected chi connectivity index (χ2v) is 6.49. The smallest absolute Gasteiger partial charge is 0.366 e. The van der Waals surface area contributed by atoms with Crippen LogP contribution in [0.25, 0.3) is 0 Å². The molecule has 1 saturated heterocycles. The third-order valence-corrected chi connectivity index (χ3v) is 4.57. The van der Waals surface area contributed by atoms with E-state index in [1.165, 1.54) is 24.5 Å². The summed E-state index contributed by atoms with van der Waals surface area (Å²) in [6, 6.07) is 2.87. The summed E-state index contributed by atoms with van der Waals surface area (Å²) in [4.78, 5) is 19.8. The maximum atomic E-state index is 13.7. The van der Waals surface area contributed by atoms with Gasteiger partial charge in [-0.05, 0) is 12.1 Å². The van der Waals surface area contributed by atoms with Crippen molar-refractivity contribution in [2.75, 3.05) is 31.1 Å². The number of hydrogen-bond donors (Lipinski definition) is 0. The normalized spacial score (nSPS) is 16.0. The molecule has 0 bridgehead atoms. The van der Waals surface area contributed by atoms with E-state index in [2.05, 4.69) is 10.1 Å². The summed E-state index contributed by atoms with van der Waals surface area (Å²) >= 11 is 5.99. The summed E-state index contributed by atoms with van der Waals surface area (Å²) in [5.74, 6) is -0.375. The Kier molecular flexibility index (Phi) is 5.66. The minimum Gasteiger partial charge on any atom is -0.366 e. The van der Waals surface area contributed by atoms with Crippen LogP contribution in [-0.2, 0) is 13.1 Å². The van der Waals surface area contributed by atoms with Crippen LogP contribution in [0.5, 0.6) is 0 Å². The molecule has 27 heavy (non-hydrogen) atoms. The Morgan fingerprint density at radius 1 is 1.19 bits per heavy atom. The third kappa shape index (κ3) is 4.75. The summed E-state index contributed by atoms with van der Waals surface area (Å²) in [6.45, 7) is 0.905. The lowest BCUT2D eigenvalue weighted by atomic mass is 10.2. The number of anilines is 1. The number of aromatic nitrogens is 3. The lowest BCUT2D eigenvalue weighted by Crippen LogP contribution is -2.47. The van der Waals surface area contributed by atoms with Gasteiger partial charge in [0.05, 0.1) is 17.6 Å². The highest BCUT2D eigenvalue weighted by molar-refractivity contribution is 6.33. The molecule has 3 rings (SSSR count). The zero-order valence-electron chi connectivity index (χ0n) is 14.1. The van der Waals surface area contributed by atoms with Crippen molar-refractivity contribution in [3.8, 4) is 0 Å². The number of piperazine rings is 1. The standard InChI is InChI=1S/C16H16ClF4N5O/c17-14-13(8-23-26(15(14)27)10-16(19,20)21)25-6-4-24(5-7-25)9-12-11(18)2-1-3-22-12/h1-3,8H,4-7,9-10H2. The molecule has 0 unspecified atom stereocenters. The van der Waals surface area contributed by atoms with Gasteiger partial charge in [0.1, 0.15) is 17.4 Å². The van der Waals surface area contributed by atoms with E-state index in [0.717, 1.165) is 0 Å². The van der Waals surface area contributed by atoms with Gasteiger partial charge in [0.25, 0.3) is 5.56 Å². The fraction of sp³-hybridized carbons (Fsp3) is 0.438. The fourth-order valence-electron chi connectivity index (χ4n) is 2.85. The van der Waals surface area contributed by atoms with Crippen LogP contribution in [0.15, 0.2) is 29.3 Å². The van der Waals surface area contributed by atoms with Crippen LogP contribution in [-0.4, -0.2) is 52.0 Å². The monoisotopic (exact) mass is 405 g/mol. The van der Waals surface area contributed by atoms with E-state index in [-0.39, 0.29) is 10.8 Å². The summed E-state index contributed by atoms with van der Waals surface area (Å²) in [5.41, 5.74) is -0.339. The summed E-state index contributed by atoms with van der Waals surface area (Å²) in [7, 11) is 0. The van der Waals surface area contributed by atoms with Gasteiger partial charge >= 0.3 is 6.18 Å². The molecule has 0 amide bonds. The first-order chi connectivity index (χ1) is 12.7. The molecule has 1 aliphatic rings. The van der Waals surface area contributed by atoms with Crippen molar-refractivity contribution in [2.24, 2.45) is 0 Å². The first kappa shape index (κ1) is 19.6. The number of hydrogen-bond acceptors (Lipinski definition) is 5. The predicted octanol–water partition coefficient (Wildman–Crippen LogP) is 2.32. The largest absolute Gasteiger partial charge is 0.408 e. The van der Waals surface area contributed by atoms with Crippen molar-refractivity contribution in [2.45, 2.75) is 19.3 Å². The predicted molar refractivity (Wildman–Crippen MR) is 91.2 cm³/mol. The number of nitrogens with zero attached hydrogens (tertiary/aromatic N) is 5. The van der Waals surface area contributed by atoms with Gasteiger partial charge in [-0.15, -0.1) is 0 Å². The zero-order chi connectivity index (χ0) is 19.6. The van der Waals surface area contributed by atoms with Gasteiger partial charge in [-0.1, -0.05) is 11.6 Å². The highest BCUT2D eigenvalue weighted by Gasteiger charge is 2.30. The molecule has 11 heteroatoms. The van der Waals surface area contributed by atoms with Gasteiger partial charge in [0.15, 0.2) is 0 Å². The molecule has 0 aliphatic carbocycles. The molecule has 6 nitrogen and oxygen atoms in total. The van der Waals surface area contributed by atoms with Crippen molar-refractivity contribution in [3.63, 3.8) is 0 Å². The molecule has 2 aromatic heterocycles. The first-order valence-corrected chi connectivity index (χ1v) is 8.51. The Morgan fingerprint density at radius 2 is 1.89 bits per heavy atom. The van der Waals surface area contributed by atoms with Gasteiger partial charge in [-0.25, -0.2) is 9.07 Å². The van der Waals surface area contributed by atoms with E-state index in [4.69, 9.17) is 11.6 Å². The SMILES string of the molecule is O=c1c(Cl)c(N2CCN(Cc3ncccc3F)CC2)cnn1CC(F)(F)F. The maximum absolute atomic E-state index is 13.7. The quantitative estimate of drug-likeness (QED) is 0.731. The first-order valence-electron chi connectivity index (χ1n) is 8.13. The Labute approximate surface area is 157 Å². The summed E-state index contributed by atoms with van der Waals surface area (Å²) in [5, 5.41) is 3.29. The molecule has 2 aromatic rings. The Bertz CT molecular complexity index is 865. The second-order valence-electron chi connectivity index (χ2n) is 6.12. The fourth-order valence-corrected chi connectivity index (χ4v) is 3.12. The molecule has 0 aromatic carbocycles.